The van der Waals surface area contributed by atoms with Crippen LogP contribution in [0.1, 0.15) is 27.7 Å². The van der Waals surface area contributed by atoms with Crippen LogP contribution in [0, 0.1) is 11.8 Å². The van der Waals surface area contributed by atoms with Crippen LogP contribution >= 0.6 is 0 Å². The molecule has 0 rings (SSSR count). The molecular formula is C10H24OSi2. The second-order valence-electron chi connectivity index (χ2n) is 4.70. The summed E-state index contributed by atoms with van der Waals surface area (Å²) in [6.07, 6.45) is 0. The van der Waals surface area contributed by atoms with E-state index in [0.29, 0.717) is 0 Å². The highest BCUT2D eigenvalue weighted by Crippen LogP contribution is 2.11. The highest BCUT2D eigenvalue weighted by atomic mass is 28.4. The van der Waals surface area contributed by atoms with Crippen LogP contribution in [0.5, 0.6) is 0 Å². The molecule has 0 aliphatic rings. The molecule has 0 heterocycles. The van der Waals surface area contributed by atoms with Gasteiger partial charge >= 0.3 is 0 Å². The Labute approximate surface area is 87.3 Å². The Balaban J connectivity index is 3.58. The summed E-state index contributed by atoms with van der Waals surface area (Å²) in [5.74, 6) is 1.60. The van der Waals surface area contributed by atoms with Crippen molar-refractivity contribution in [1.82, 2.24) is 0 Å². The molecule has 0 aromatic rings. The molecular weight excluding hydrogens is 192 g/mol. The minimum Gasteiger partial charge on any atom is -0.456 e. The lowest BCUT2D eigenvalue weighted by molar-refractivity contribution is 0.549. The van der Waals surface area contributed by atoms with Crippen LogP contribution in [0.3, 0.4) is 0 Å². The molecule has 0 N–H and O–H groups in total. The maximum atomic E-state index is 6.08. The quantitative estimate of drug-likeness (QED) is 0.617. The van der Waals surface area contributed by atoms with E-state index < -0.39 is 18.1 Å². The third-order valence-electron chi connectivity index (χ3n) is 1.74. The van der Waals surface area contributed by atoms with Gasteiger partial charge in [-0.3, -0.25) is 0 Å². The molecule has 0 spiro atoms. The van der Waals surface area contributed by atoms with Crippen molar-refractivity contribution in [2.75, 3.05) is 0 Å². The molecule has 0 fully saturated rings. The lowest BCUT2D eigenvalue weighted by atomic mass is 10.3. The van der Waals surface area contributed by atoms with Gasteiger partial charge < -0.3 is 4.12 Å². The summed E-state index contributed by atoms with van der Waals surface area (Å²) in [6.45, 7) is 13.7. The number of hydrogen-bond acceptors (Lipinski definition) is 1. The highest BCUT2D eigenvalue weighted by molar-refractivity contribution is 6.64. The van der Waals surface area contributed by atoms with Crippen molar-refractivity contribution in [3.05, 3.63) is 0 Å². The summed E-state index contributed by atoms with van der Waals surface area (Å²) in [6, 6.07) is 2.59. The van der Waals surface area contributed by atoms with E-state index in [0.717, 1.165) is 11.8 Å². The van der Waals surface area contributed by atoms with Crippen molar-refractivity contribution < 1.29 is 4.12 Å². The average molecular weight is 216 g/mol. The average Bonchev–Trinajstić information content (AvgIpc) is 1.80. The second-order valence-corrected chi connectivity index (χ2v) is 9.14. The molecule has 0 aromatic heterocycles. The van der Waals surface area contributed by atoms with E-state index in [1.165, 1.54) is 12.1 Å². The van der Waals surface area contributed by atoms with Crippen molar-refractivity contribution in [2.45, 2.75) is 52.9 Å². The Bertz CT molecular complexity index is 112. The zero-order valence-electron chi connectivity index (χ0n) is 9.98. The molecule has 0 aromatic carbocycles. The van der Waals surface area contributed by atoms with Gasteiger partial charge in [0.15, 0.2) is 18.1 Å². The molecule has 0 unspecified atom stereocenters. The van der Waals surface area contributed by atoms with Gasteiger partial charge in [-0.05, 0) is 37.0 Å². The van der Waals surface area contributed by atoms with Gasteiger partial charge in [0.25, 0.3) is 0 Å². The molecule has 0 atom stereocenters. The normalized spacial score (nSPS) is 12.5. The predicted octanol–water partition coefficient (Wildman–Crippen LogP) is 3.56. The van der Waals surface area contributed by atoms with Crippen LogP contribution in [0.2, 0.25) is 25.2 Å². The van der Waals surface area contributed by atoms with Gasteiger partial charge in [0.1, 0.15) is 0 Å². The van der Waals surface area contributed by atoms with Crippen molar-refractivity contribution in [2.24, 2.45) is 11.8 Å². The lowest BCUT2D eigenvalue weighted by Gasteiger charge is -2.19. The van der Waals surface area contributed by atoms with Crippen LogP contribution in [0.25, 0.3) is 0 Å². The topological polar surface area (TPSA) is 9.23 Å². The fourth-order valence-corrected chi connectivity index (χ4v) is 6.88. The van der Waals surface area contributed by atoms with Gasteiger partial charge in [0.05, 0.1) is 0 Å². The Kier molecular flexibility index (Phi) is 7.00. The zero-order chi connectivity index (χ0) is 10.4. The van der Waals surface area contributed by atoms with Crippen molar-refractivity contribution in [3.63, 3.8) is 0 Å². The van der Waals surface area contributed by atoms with Gasteiger partial charge in [0, 0.05) is 0 Å². The van der Waals surface area contributed by atoms with Gasteiger partial charge in [-0.2, -0.15) is 0 Å². The first-order valence-corrected chi connectivity index (χ1v) is 9.47. The third kappa shape index (κ3) is 8.72. The molecule has 1 nitrogen and oxygen atoms in total. The van der Waals surface area contributed by atoms with E-state index in [1.807, 2.05) is 0 Å². The molecule has 0 saturated carbocycles. The molecule has 0 aliphatic carbocycles. The minimum atomic E-state index is -0.488. The van der Waals surface area contributed by atoms with Crippen molar-refractivity contribution >= 4 is 18.1 Å². The fourth-order valence-electron chi connectivity index (χ4n) is 1.53. The summed E-state index contributed by atoms with van der Waals surface area (Å²) in [4.78, 5) is 0. The molecule has 2 radical (unpaired) electrons. The van der Waals surface area contributed by atoms with E-state index in [2.05, 4.69) is 40.8 Å². The molecule has 0 aliphatic heterocycles. The van der Waals surface area contributed by atoms with E-state index >= 15 is 0 Å². The van der Waals surface area contributed by atoms with Gasteiger partial charge in [-0.1, -0.05) is 27.7 Å². The van der Waals surface area contributed by atoms with Gasteiger partial charge in [-0.25, -0.2) is 0 Å². The number of rotatable bonds is 6. The summed E-state index contributed by atoms with van der Waals surface area (Å²) in [5, 5.41) is 0. The maximum Gasteiger partial charge on any atom is 0.194 e. The van der Waals surface area contributed by atoms with Gasteiger partial charge in [-0.15, -0.1) is 0 Å². The zero-order valence-corrected chi connectivity index (χ0v) is 12.0. The summed E-state index contributed by atoms with van der Waals surface area (Å²) >= 11 is 0. The van der Waals surface area contributed by atoms with E-state index in [1.54, 1.807) is 0 Å². The standard InChI is InChI=1S/C10H24OSi2/c1-9(2)7-12(5)11-13(6)8-10(3)4/h9-10H,7-8H2,1-6H3. The first-order valence-electron chi connectivity index (χ1n) is 5.24. The molecule has 0 amide bonds. The van der Waals surface area contributed by atoms with Crippen molar-refractivity contribution in [1.29, 1.82) is 0 Å². The Morgan fingerprint density at radius 2 is 1.15 bits per heavy atom. The molecule has 0 bridgehead atoms. The van der Waals surface area contributed by atoms with Crippen LogP contribution in [0.15, 0.2) is 0 Å². The first kappa shape index (κ1) is 13.4. The first-order chi connectivity index (χ1) is 5.91. The Hall–Kier alpha value is 0.394. The van der Waals surface area contributed by atoms with Crippen LogP contribution in [0.4, 0.5) is 0 Å². The SMILES string of the molecule is CC(C)C[Si](C)O[Si](C)CC(C)C. The molecule has 13 heavy (non-hydrogen) atoms. The monoisotopic (exact) mass is 216 g/mol. The summed E-state index contributed by atoms with van der Waals surface area (Å²) in [7, 11) is -0.976. The van der Waals surface area contributed by atoms with Crippen LogP contribution in [-0.4, -0.2) is 18.1 Å². The summed E-state index contributed by atoms with van der Waals surface area (Å²) in [5.41, 5.74) is 0. The number of hydrogen-bond donors (Lipinski definition) is 0. The summed E-state index contributed by atoms with van der Waals surface area (Å²) < 4.78 is 6.08. The highest BCUT2D eigenvalue weighted by Gasteiger charge is 2.15. The third-order valence-corrected chi connectivity index (χ3v) is 7.31. The van der Waals surface area contributed by atoms with Crippen LogP contribution in [-0.2, 0) is 4.12 Å². The Morgan fingerprint density at radius 1 is 0.846 bits per heavy atom. The van der Waals surface area contributed by atoms with E-state index in [-0.39, 0.29) is 0 Å². The second kappa shape index (κ2) is 6.79. The van der Waals surface area contributed by atoms with Crippen LogP contribution < -0.4 is 0 Å². The van der Waals surface area contributed by atoms with E-state index in [9.17, 15) is 0 Å². The smallest absolute Gasteiger partial charge is 0.194 e. The molecule has 3 heteroatoms. The largest absolute Gasteiger partial charge is 0.456 e. The molecule has 0 saturated heterocycles. The minimum absolute atomic E-state index is 0.488. The van der Waals surface area contributed by atoms with Gasteiger partial charge in [0.2, 0.25) is 0 Å². The fraction of sp³-hybridized carbons (Fsp3) is 1.00. The predicted molar refractivity (Wildman–Crippen MR) is 63.6 cm³/mol. The molecule has 78 valence electrons. The van der Waals surface area contributed by atoms with Crippen molar-refractivity contribution in [3.8, 4) is 0 Å². The lowest BCUT2D eigenvalue weighted by Crippen LogP contribution is -2.26. The van der Waals surface area contributed by atoms with E-state index in [4.69, 9.17) is 4.12 Å². The maximum absolute atomic E-state index is 6.08. The Morgan fingerprint density at radius 3 is 1.38 bits per heavy atom.